The van der Waals surface area contributed by atoms with Crippen molar-refractivity contribution >= 4 is 25.0 Å². The fourth-order valence-electron chi connectivity index (χ4n) is 2.00. The lowest BCUT2D eigenvalue weighted by molar-refractivity contribution is -0.142. The zero-order valence-corrected chi connectivity index (χ0v) is 13.3. The van der Waals surface area contributed by atoms with E-state index in [1.165, 1.54) is 26.0 Å². The molecule has 0 bridgehead atoms. The molecule has 0 unspecified atom stereocenters. The van der Waals surface area contributed by atoms with Gasteiger partial charge in [0.15, 0.2) is 17.3 Å². The van der Waals surface area contributed by atoms with E-state index in [9.17, 15) is 22.8 Å². The van der Waals surface area contributed by atoms with Gasteiger partial charge < -0.3 is 0 Å². The Morgan fingerprint density at radius 1 is 1.28 bits per heavy atom. The van der Waals surface area contributed by atoms with Crippen LogP contribution >= 0.6 is 0 Å². The predicted molar refractivity (Wildman–Crippen MR) is 82.2 cm³/mol. The largest absolute Gasteiger partial charge is 0.433 e. The normalized spacial score (nSPS) is 12.1. The lowest BCUT2D eigenvalue weighted by atomic mass is 9.85. The Morgan fingerprint density at radius 3 is 2.40 bits per heavy atom. The zero-order valence-electron chi connectivity index (χ0n) is 13.3. The van der Waals surface area contributed by atoms with Crippen molar-refractivity contribution < 1.29 is 22.8 Å². The number of pyridine rings is 1. The van der Waals surface area contributed by atoms with Crippen LogP contribution < -0.4 is 16.7 Å². The van der Waals surface area contributed by atoms with Crippen LogP contribution in [0.3, 0.4) is 0 Å². The Balaban J connectivity index is 2.58. The molecule has 0 saturated carbocycles. The smallest absolute Gasteiger partial charge is 0.293 e. The van der Waals surface area contributed by atoms with Gasteiger partial charge in [0.2, 0.25) is 5.91 Å². The van der Waals surface area contributed by atoms with Crippen molar-refractivity contribution in [1.82, 2.24) is 20.2 Å². The molecule has 2 aromatic heterocycles. The quantitative estimate of drug-likeness (QED) is 0.206. The molecule has 2 heterocycles. The van der Waals surface area contributed by atoms with Gasteiger partial charge in [0.25, 0.3) is 0 Å². The molecule has 2 radical (unpaired) electrons. The third-order valence-corrected chi connectivity index (χ3v) is 3.49. The molecular weight excluding hydrogens is 338 g/mol. The first-order valence-electron chi connectivity index (χ1n) is 6.93. The maximum atomic E-state index is 13.3. The minimum absolute atomic E-state index is 0.179. The Kier molecular flexibility index (Phi) is 4.71. The summed E-state index contributed by atoms with van der Waals surface area (Å²) in [5, 5.41) is 3.68. The number of nitrogens with two attached hydrogens (primary N) is 1. The minimum Gasteiger partial charge on any atom is -0.293 e. The summed E-state index contributed by atoms with van der Waals surface area (Å²) < 4.78 is 40.3. The molecule has 0 aliphatic carbocycles. The molecule has 0 saturated heterocycles. The van der Waals surface area contributed by atoms with Crippen molar-refractivity contribution in [2.75, 3.05) is 0 Å². The number of halogens is 3. The topological polar surface area (TPSA) is 103 Å². The van der Waals surface area contributed by atoms with Gasteiger partial charge in [-0.3, -0.25) is 15.0 Å². The summed E-state index contributed by atoms with van der Waals surface area (Å²) in [5.74, 6) is 3.05. The third-order valence-electron chi connectivity index (χ3n) is 3.49. The number of amides is 1. The molecule has 2 rings (SSSR count). The number of carbonyl (C=O) groups is 2. The number of ketones is 1. The van der Waals surface area contributed by atoms with Gasteiger partial charge in [-0.2, -0.15) is 18.3 Å². The van der Waals surface area contributed by atoms with Gasteiger partial charge in [-0.05, 0) is 19.9 Å². The number of rotatable bonds is 4. The number of alkyl halides is 3. The predicted octanol–water partition coefficient (Wildman–Crippen LogP) is 0.279. The monoisotopic (exact) mass is 351 g/mol. The molecule has 0 atom stereocenters. The first kappa shape index (κ1) is 18.7. The summed E-state index contributed by atoms with van der Waals surface area (Å²) >= 11 is 0. The van der Waals surface area contributed by atoms with E-state index in [2.05, 4.69) is 10.1 Å². The average Bonchev–Trinajstić information content (AvgIpc) is 2.99. The lowest BCUT2D eigenvalue weighted by Crippen LogP contribution is -2.45. The second-order valence-electron chi connectivity index (χ2n) is 5.70. The SMILES string of the molecule is [B]c1ccc(-n2nc(C(=O)C(C)(C)C(=O)NN)cc2C(F)(F)F)nc1. The fraction of sp³-hybridized carbons (Fsp3) is 0.286. The highest BCUT2D eigenvalue weighted by Gasteiger charge is 2.42. The van der Waals surface area contributed by atoms with Gasteiger partial charge in [-0.15, -0.1) is 0 Å². The molecule has 0 fully saturated rings. The molecule has 0 aliphatic rings. The first-order valence-corrected chi connectivity index (χ1v) is 6.93. The second-order valence-corrected chi connectivity index (χ2v) is 5.70. The van der Waals surface area contributed by atoms with E-state index in [0.717, 1.165) is 6.20 Å². The standard InChI is InChI=1S/C14H13BF3N5O2/c1-13(2,12(25)21-19)11(24)8-5-9(14(16,17)18)23(22-8)10-4-3-7(15)6-20-10/h3-6H,19H2,1-2H3,(H,21,25). The number of hydrazine groups is 1. The van der Waals surface area contributed by atoms with Crippen molar-refractivity contribution in [3.05, 3.63) is 35.8 Å². The molecule has 1 amide bonds. The van der Waals surface area contributed by atoms with Crippen LogP contribution in [0.5, 0.6) is 0 Å². The van der Waals surface area contributed by atoms with E-state index in [1.807, 2.05) is 0 Å². The van der Waals surface area contributed by atoms with Gasteiger partial charge in [-0.25, -0.2) is 15.5 Å². The zero-order chi connectivity index (χ0) is 19.0. The van der Waals surface area contributed by atoms with Gasteiger partial charge in [0, 0.05) is 12.3 Å². The van der Waals surface area contributed by atoms with Crippen LogP contribution in [0.1, 0.15) is 30.0 Å². The number of Topliss-reactive ketones (excluding diaryl/α,β-unsaturated/α-hetero) is 1. The van der Waals surface area contributed by atoms with Crippen LogP contribution in [0.15, 0.2) is 24.4 Å². The van der Waals surface area contributed by atoms with Gasteiger partial charge in [-0.1, -0.05) is 11.5 Å². The van der Waals surface area contributed by atoms with E-state index in [0.29, 0.717) is 10.7 Å². The van der Waals surface area contributed by atoms with Gasteiger partial charge in [0.05, 0.1) is 0 Å². The van der Waals surface area contributed by atoms with Crippen molar-refractivity contribution in [2.45, 2.75) is 20.0 Å². The Hall–Kier alpha value is -2.69. The van der Waals surface area contributed by atoms with E-state index in [4.69, 9.17) is 13.7 Å². The highest BCUT2D eigenvalue weighted by atomic mass is 19.4. The second kappa shape index (κ2) is 6.32. The van der Waals surface area contributed by atoms with Gasteiger partial charge >= 0.3 is 6.18 Å². The Morgan fingerprint density at radius 2 is 1.92 bits per heavy atom. The van der Waals surface area contributed by atoms with Crippen molar-refractivity contribution in [2.24, 2.45) is 11.3 Å². The summed E-state index contributed by atoms with van der Waals surface area (Å²) in [6.45, 7) is 2.45. The molecule has 11 heteroatoms. The summed E-state index contributed by atoms with van der Waals surface area (Å²) in [6.07, 6.45) is -3.64. The molecule has 7 nitrogen and oxygen atoms in total. The number of carbonyl (C=O) groups excluding carboxylic acids is 2. The number of hydrogen-bond donors (Lipinski definition) is 2. The van der Waals surface area contributed by atoms with E-state index < -0.39 is 34.7 Å². The minimum atomic E-state index is -4.80. The van der Waals surface area contributed by atoms with Crippen LogP contribution in [0, 0.1) is 5.41 Å². The number of hydrogen-bond acceptors (Lipinski definition) is 5. The third kappa shape index (κ3) is 3.55. The Labute approximate surface area is 141 Å². The Bertz CT molecular complexity index is 815. The van der Waals surface area contributed by atoms with E-state index in [1.54, 1.807) is 5.43 Å². The van der Waals surface area contributed by atoms with E-state index >= 15 is 0 Å². The summed E-state index contributed by atoms with van der Waals surface area (Å²) in [7, 11) is 5.46. The molecule has 2 aromatic rings. The van der Waals surface area contributed by atoms with Gasteiger partial charge in [0.1, 0.15) is 19.0 Å². The molecule has 130 valence electrons. The van der Waals surface area contributed by atoms with Crippen molar-refractivity contribution in [3.8, 4) is 5.82 Å². The maximum absolute atomic E-state index is 13.3. The summed E-state index contributed by atoms with van der Waals surface area (Å²) in [4.78, 5) is 27.9. The maximum Gasteiger partial charge on any atom is 0.433 e. The molecule has 0 spiro atoms. The molecule has 0 aliphatic heterocycles. The molecule has 3 N–H and O–H groups in total. The highest BCUT2D eigenvalue weighted by molar-refractivity contribution is 6.32. The lowest BCUT2D eigenvalue weighted by Gasteiger charge is -2.19. The van der Waals surface area contributed by atoms with Crippen LogP contribution in [0.2, 0.25) is 0 Å². The van der Waals surface area contributed by atoms with Crippen LogP contribution in [-0.4, -0.2) is 34.3 Å². The van der Waals surface area contributed by atoms with E-state index in [-0.39, 0.29) is 11.3 Å². The van der Waals surface area contributed by atoms with Crippen LogP contribution in [-0.2, 0) is 11.0 Å². The van der Waals surface area contributed by atoms with Crippen LogP contribution in [0.4, 0.5) is 13.2 Å². The number of nitrogens with zero attached hydrogens (tertiary/aromatic N) is 3. The fourth-order valence-corrected chi connectivity index (χ4v) is 2.00. The molecule has 25 heavy (non-hydrogen) atoms. The molecular formula is C14H13BF3N5O2. The molecule has 0 aromatic carbocycles. The van der Waals surface area contributed by atoms with Crippen LogP contribution in [0.25, 0.3) is 5.82 Å². The van der Waals surface area contributed by atoms with Crippen molar-refractivity contribution in [1.29, 1.82) is 0 Å². The number of nitrogens with one attached hydrogen (secondary N) is 1. The summed E-state index contributed by atoms with van der Waals surface area (Å²) in [5.41, 5.74) is -1.40. The highest BCUT2D eigenvalue weighted by Crippen LogP contribution is 2.32. The average molecular weight is 351 g/mol. The first-order chi connectivity index (χ1) is 11.5. The summed E-state index contributed by atoms with van der Waals surface area (Å²) in [6, 6.07) is 3.13. The number of aromatic nitrogens is 3. The van der Waals surface area contributed by atoms with Crippen molar-refractivity contribution in [3.63, 3.8) is 0 Å².